The fraction of sp³-hybridized carbons (Fsp3) is 0.0909. The second-order valence-corrected chi connectivity index (χ2v) is 4.57. The Morgan fingerprint density at radius 2 is 2.06 bits per heavy atom. The van der Waals surface area contributed by atoms with Crippen molar-refractivity contribution in [3.05, 3.63) is 47.4 Å². The summed E-state index contributed by atoms with van der Waals surface area (Å²) in [4.78, 5) is 9.46. The van der Waals surface area contributed by atoms with Gasteiger partial charge in [-0.05, 0) is 18.2 Å². The minimum absolute atomic E-state index is 0.386. The molecule has 0 radical (unpaired) electrons. The molecule has 16 heavy (non-hydrogen) atoms. The lowest BCUT2D eigenvalue weighted by Crippen LogP contribution is -2.02. The molecule has 0 atom stereocenters. The molecule has 0 aliphatic heterocycles. The fourth-order valence-electron chi connectivity index (χ4n) is 1.22. The highest BCUT2D eigenvalue weighted by molar-refractivity contribution is 7.99. The molecule has 0 bridgehead atoms. The predicted octanol–water partition coefficient (Wildman–Crippen LogP) is 2.74. The second-order valence-electron chi connectivity index (χ2n) is 3.07. The fourth-order valence-corrected chi connectivity index (χ4v) is 2.40. The van der Waals surface area contributed by atoms with Crippen molar-refractivity contribution in [2.24, 2.45) is 5.73 Å². The van der Waals surface area contributed by atoms with Crippen LogP contribution in [0.15, 0.2) is 46.6 Å². The zero-order valence-corrected chi connectivity index (χ0v) is 10.0. The van der Waals surface area contributed by atoms with Gasteiger partial charge in [-0.2, -0.15) is 0 Å². The van der Waals surface area contributed by atoms with Crippen LogP contribution in [0.5, 0.6) is 0 Å². The molecule has 0 saturated carbocycles. The van der Waals surface area contributed by atoms with Gasteiger partial charge in [-0.1, -0.05) is 29.4 Å². The van der Waals surface area contributed by atoms with E-state index in [1.54, 1.807) is 12.4 Å². The molecule has 0 amide bonds. The van der Waals surface area contributed by atoms with Gasteiger partial charge in [0.25, 0.3) is 0 Å². The van der Waals surface area contributed by atoms with Crippen LogP contribution in [-0.4, -0.2) is 9.97 Å². The first kappa shape index (κ1) is 11.4. The van der Waals surface area contributed by atoms with E-state index in [0.29, 0.717) is 11.6 Å². The Balaban J connectivity index is 2.26. The lowest BCUT2D eigenvalue weighted by molar-refractivity contribution is 0.886. The number of nitrogens with zero attached hydrogens (tertiary/aromatic N) is 2. The van der Waals surface area contributed by atoms with Gasteiger partial charge in [-0.3, -0.25) is 4.98 Å². The van der Waals surface area contributed by atoms with Gasteiger partial charge < -0.3 is 5.73 Å². The van der Waals surface area contributed by atoms with E-state index in [1.807, 2.05) is 24.3 Å². The van der Waals surface area contributed by atoms with Crippen LogP contribution in [0.2, 0.25) is 5.02 Å². The van der Waals surface area contributed by atoms with Crippen LogP contribution in [0.25, 0.3) is 0 Å². The second kappa shape index (κ2) is 5.30. The van der Waals surface area contributed by atoms with Gasteiger partial charge in [0.1, 0.15) is 5.03 Å². The van der Waals surface area contributed by atoms with Crippen LogP contribution in [0.4, 0.5) is 0 Å². The van der Waals surface area contributed by atoms with Gasteiger partial charge >= 0.3 is 0 Å². The summed E-state index contributed by atoms with van der Waals surface area (Å²) in [5.41, 5.74) is 6.39. The summed E-state index contributed by atoms with van der Waals surface area (Å²) < 4.78 is 0. The lowest BCUT2D eigenvalue weighted by atomic mass is 10.4. The van der Waals surface area contributed by atoms with Crippen LogP contribution < -0.4 is 5.73 Å². The van der Waals surface area contributed by atoms with Gasteiger partial charge in [-0.25, -0.2) is 4.98 Å². The summed E-state index contributed by atoms with van der Waals surface area (Å²) >= 11 is 7.43. The maximum atomic E-state index is 5.91. The molecule has 3 nitrogen and oxygen atoms in total. The summed E-state index contributed by atoms with van der Waals surface area (Å²) in [5.74, 6) is 0. The van der Waals surface area contributed by atoms with Crippen molar-refractivity contribution in [3.8, 4) is 0 Å². The molecular formula is C11H10ClN3S. The third kappa shape index (κ3) is 2.72. The monoisotopic (exact) mass is 251 g/mol. The molecule has 0 aliphatic rings. The molecule has 0 unspecified atom stereocenters. The quantitative estimate of drug-likeness (QED) is 0.911. The molecule has 2 N–H and O–H groups in total. The topological polar surface area (TPSA) is 51.8 Å². The van der Waals surface area contributed by atoms with E-state index >= 15 is 0 Å². The molecule has 5 heteroatoms. The normalized spacial score (nSPS) is 10.4. The zero-order valence-electron chi connectivity index (χ0n) is 8.43. The highest BCUT2D eigenvalue weighted by Gasteiger charge is 2.05. The largest absolute Gasteiger partial charge is 0.325 e. The third-order valence-electron chi connectivity index (χ3n) is 1.94. The smallest absolute Gasteiger partial charge is 0.124 e. The van der Waals surface area contributed by atoms with Crippen LogP contribution in [0.3, 0.4) is 0 Å². The molecule has 1 aromatic carbocycles. The summed E-state index contributed by atoms with van der Waals surface area (Å²) in [7, 11) is 0. The number of halogens is 1. The number of aromatic nitrogens is 2. The highest BCUT2D eigenvalue weighted by Crippen LogP contribution is 2.29. The highest BCUT2D eigenvalue weighted by atomic mass is 35.5. The van der Waals surface area contributed by atoms with E-state index in [-0.39, 0.29) is 0 Å². The van der Waals surface area contributed by atoms with Gasteiger partial charge in [-0.15, -0.1) is 0 Å². The summed E-state index contributed by atoms with van der Waals surface area (Å²) in [6, 6.07) is 7.61. The van der Waals surface area contributed by atoms with Gasteiger partial charge in [0.05, 0.1) is 5.69 Å². The molecule has 2 aromatic rings. The molecule has 82 valence electrons. The van der Waals surface area contributed by atoms with Crippen LogP contribution in [0.1, 0.15) is 5.69 Å². The Morgan fingerprint density at radius 3 is 2.81 bits per heavy atom. The molecule has 1 aromatic heterocycles. The van der Waals surface area contributed by atoms with E-state index in [0.717, 1.165) is 15.6 Å². The number of hydrogen-bond donors (Lipinski definition) is 1. The van der Waals surface area contributed by atoms with Crippen LogP contribution in [-0.2, 0) is 6.54 Å². The van der Waals surface area contributed by atoms with E-state index in [1.165, 1.54) is 11.8 Å². The maximum absolute atomic E-state index is 5.91. The Hall–Kier alpha value is -1.10. The van der Waals surface area contributed by atoms with Crippen LogP contribution in [0, 0.1) is 0 Å². The average Bonchev–Trinajstić information content (AvgIpc) is 2.30. The lowest BCUT2D eigenvalue weighted by Gasteiger charge is -2.04. The average molecular weight is 252 g/mol. The van der Waals surface area contributed by atoms with Gasteiger partial charge in [0.15, 0.2) is 0 Å². The first-order valence-corrected chi connectivity index (χ1v) is 5.92. The van der Waals surface area contributed by atoms with E-state index < -0.39 is 0 Å². The summed E-state index contributed by atoms with van der Waals surface area (Å²) in [6.45, 7) is 0.386. The zero-order chi connectivity index (χ0) is 11.4. The summed E-state index contributed by atoms with van der Waals surface area (Å²) in [6.07, 6.45) is 3.30. The molecule has 1 heterocycles. The molecule has 2 rings (SSSR count). The SMILES string of the molecule is NCc1nccnc1Sc1cccc(Cl)c1. The Bertz CT molecular complexity index is 490. The number of rotatable bonds is 3. The maximum Gasteiger partial charge on any atom is 0.124 e. The van der Waals surface area contributed by atoms with Crippen molar-refractivity contribution in [3.63, 3.8) is 0 Å². The molecule has 0 saturated heterocycles. The minimum Gasteiger partial charge on any atom is -0.325 e. The number of hydrogen-bond acceptors (Lipinski definition) is 4. The van der Waals surface area contributed by atoms with Gasteiger partial charge in [0, 0.05) is 28.9 Å². The van der Waals surface area contributed by atoms with E-state index in [4.69, 9.17) is 17.3 Å². The molecule has 0 fully saturated rings. The molecule has 0 aliphatic carbocycles. The standard InChI is InChI=1S/C11H10ClN3S/c12-8-2-1-3-9(6-8)16-11-10(7-13)14-4-5-15-11/h1-6H,7,13H2. The predicted molar refractivity (Wildman–Crippen MR) is 65.5 cm³/mol. The van der Waals surface area contributed by atoms with Crippen molar-refractivity contribution in [1.82, 2.24) is 9.97 Å². The first-order chi connectivity index (χ1) is 7.79. The van der Waals surface area contributed by atoms with Crippen molar-refractivity contribution in [2.45, 2.75) is 16.5 Å². The van der Waals surface area contributed by atoms with Gasteiger partial charge in [0.2, 0.25) is 0 Å². The van der Waals surface area contributed by atoms with Crippen molar-refractivity contribution >= 4 is 23.4 Å². The van der Waals surface area contributed by atoms with Crippen molar-refractivity contribution < 1.29 is 0 Å². The Kier molecular flexibility index (Phi) is 3.77. The third-order valence-corrected chi connectivity index (χ3v) is 3.20. The Labute approximate surface area is 103 Å². The van der Waals surface area contributed by atoms with E-state index in [9.17, 15) is 0 Å². The number of benzene rings is 1. The van der Waals surface area contributed by atoms with Crippen LogP contribution >= 0.6 is 23.4 Å². The van der Waals surface area contributed by atoms with Crippen molar-refractivity contribution in [1.29, 1.82) is 0 Å². The minimum atomic E-state index is 0.386. The number of nitrogens with two attached hydrogens (primary N) is 1. The molecular weight excluding hydrogens is 242 g/mol. The Morgan fingerprint density at radius 1 is 1.25 bits per heavy atom. The first-order valence-electron chi connectivity index (χ1n) is 4.73. The van der Waals surface area contributed by atoms with Crippen molar-refractivity contribution in [2.75, 3.05) is 0 Å². The van der Waals surface area contributed by atoms with E-state index in [2.05, 4.69) is 9.97 Å². The molecule has 0 spiro atoms. The summed E-state index contributed by atoms with van der Waals surface area (Å²) in [5, 5.41) is 1.54.